The van der Waals surface area contributed by atoms with E-state index in [2.05, 4.69) is 24.3 Å². The predicted octanol–water partition coefficient (Wildman–Crippen LogP) is 17.2. The van der Waals surface area contributed by atoms with E-state index in [0.29, 0.717) is 83.2 Å². The summed E-state index contributed by atoms with van der Waals surface area (Å²) in [7, 11) is 0. The van der Waals surface area contributed by atoms with Gasteiger partial charge >= 0.3 is 12.4 Å². The third-order valence-electron chi connectivity index (χ3n) is 15.3. The van der Waals surface area contributed by atoms with Gasteiger partial charge in [0.25, 0.3) is 0 Å². The monoisotopic (exact) mass is 1120 g/mol. The lowest BCUT2D eigenvalue weighted by Gasteiger charge is -2.23. The summed E-state index contributed by atoms with van der Waals surface area (Å²) < 4.78 is 96.7. The molecule has 10 nitrogen and oxygen atoms in total. The topological polar surface area (TPSA) is 200 Å². The molecule has 0 N–H and O–H groups in total. The molecule has 16 heteroatoms. The Morgan fingerprint density at radius 2 is 0.593 bits per heavy atom. The van der Waals surface area contributed by atoms with Crippen LogP contribution in [0.5, 0.6) is 0 Å². The van der Waals surface area contributed by atoms with Gasteiger partial charge in [-0.1, -0.05) is 84.9 Å². The quantitative estimate of drug-likeness (QED) is 0.140. The minimum absolute atomic E-state index is 0.0258. The van der Waals surface area contributed by atoms with Crippen LogP contribution in [-0.2, 0) is 12.4 Å². The molecule has 0 aliphatic carbocycles. The molecule has 0 aliphatic heterocycles. The zero-order valence-corrected chi connectivity index (χ0v) is 44.1. The highest BCUT2D eigenvalue weighted by molar-refractivity contribution is 6.14. The predicted molar refractivity (Wildman–Crippen MR) is 310 cm³/mol. The first kappa shape index (κ1) is 53.9. The molecule has 86 heavy (non-hydrogen) atoms. The normalized spacial score (nSPS) is 11.3. The van der Waals surface area contributed by atoms with Crippen LogP contribution in [0.3, 0.4) is 0 Å². The van der Waals surface area contributed by atoms with Crippen LogP contribution in [0.15, 0.2) is 182 Å². The summed E-state index contributed by atoms with van der Waals surface area (Å²) >= 11 is 0. The van der Waals surface area contributed by atoms with Crippen molar-refractivity contribution in [3.63, 3.8) is 0 Å². The molecule has 2 aromatic heterocycles. The molecule has 0 bridgehead atoms. The van der Waals surface area contributed by atoms with Crippen molar-refractivity contribution in [2.24, 2.45) is 0 Å². The summed E-state index contributed by atoms with van der Waals surface area (Å²) in [5.74, 6) is 0. The lowest BCUT2D eigenvalue weighted by Crippen LogP contribution is -2.12. The SMILES string of the molecule is N#Cc1ccc(-c2ccc3c4ccc(-c5ccc(C#N)cc5C#N)cc4n(-c4cc(-c5cccc(C(F)(F)F)c5)c(C(F)(F)F)cc4-n4c5cc(-c6ccc(C#N)cc6C#N)ccc5c5ccc(-c6ccc(C#N)cc6C#N)cc54)c3c2)c(C#N)c1. The van der Waals surface area contributed by atoms with Gasteiger partial charge in [-0.05, 0) is 153 Å². The van der Waals surface area contributed by atoms with E-state index in [1.807, 2.05) is 24.3 Å². The highest BCUT2D eigenvalue weighted by Crippen LogP contribution is 2.48. The zero-order chi connectivity index (χ0) is 60.3. The van der Waals surface area contributed by atoms with E-state index >= 15 is 13.2 Å². The molecule has 402 valence electrons. The number of fused-ring (bicyclic) bond motifs is 6. The van der Waals surface area contributed by atoms with Gasteiger partial charge in [-0.3, -0.25) is 0 Å². The second kappa shape index (κ2) is 20.7. The Morgan fingerprint density at radius 1 is 0.279 bits per heavy atom. The lowest BCUT2D eigenvalue weighted by atomic mass is 9.95. The van der Waals surface area contributed by atoms with Crippen molar-refractivity contribution in [1.82, 2.24) is 9.13 Å². The standard InChI is InChI=1S/C70H30F6N10/c71-69(72,73)52-3-1-2-43(24-52)61-29-67(85-63-25-44(53-12-4-39(31-77)20-48(53)35-81)8-16-57(63)58-17-9-45(26-64(58)85)54-13-5-40(32-78)21-49(54)36-82)68(30-62(61)70(74,75)76)86-65-27-46(55-14-6-41(33-79)22-50(55)37-83)10-18-59(65)60-19-11-47(28-66(60)86)56-15-7-42(34-80)23-51(56)38-84/h1-30H. The number of nitrogens with zero attached hydrogens (tertiary/aromatic N) is 10. The minimum Gasteiger partial charge on any atom is -0.307 e. The second-order valence-corrected chi connectivity index (χ2v) is 20.0. The van der Waals surface area contributed by atoms with Gasteiger partial charge < -0.3 is 9.13 Å². The second-order valence-electron chi connectivity index (χ2n) is 20.0. The minimum atomic E-state index is -5.26. The van der Waals surface area contributed by atoms with Crippen molar-refractivity contribution in [2.45, 2.75) is 12.4 Å². The number of hydrogen-bond acceptors (Lipinski definition) is 8. The molecule has 12 rings (SSSR count). The highest BCUT2D eigenvalue weighted by Gasteiger charge is 2.38. The summed E-state index contributed by atoms with van der Waals surface area (Å²) in [6, 6.07) is 61.2. The average Bonchev–Trinajstić information content (AvgIpc) is 1.62. The van der Waals surface area contributed by atoms with Crippen molar-refractivity contribution in [3.05, 3.63) is 238 Å². The number of aromatic nitrogens is 2. The Bertz CT molecular complexity index is 5070. The van der Waals surface area contributed by atoms with E-state index in [4.69, 9.17) is 0 Å². The van der Waals surface area contributed by atoms with Crippen molar-refractivity contribution in [2.75, 3.05) is 0 Å². The van der Waals surface area contributed by atoms with Crippen LogP contribution in [-0.4, -0.2) is 9.13 Å². The molecular formula is C70H30F6N10. The van der Waals surface area contributed by atoms with E-state index in [-0.39, 0.29) is 66.9 Å². The van der Waals surface area contributed by atoms with Gasteiger partial charge in [-0.2, -0.15) is 68.4 Å². The van der Waals surface area contributed by atoms with Gasteiger partial charge in [-0.25, -0.2) is 0 Å². The fourth-order valence-electron chi connectivity index (χ4n) is 11.3. The van der Waals surface area contributed by atoms with Crippen LogP contribution in [0, 0.1) is 90.6 Å². The van der Waals surface area contributed by atoms with E-state index in [9.17, 15) is 55.3 Å². The van der Waals surface area contributed by atoms with Crippen LogP contribution in [0.4, 0.5) is 26.3 Å². The van der Waals surface area contributed by atoms with E-state index in [0.717, 1.165) is 24.3 Å². The first-order valence-electron chi connectivity index (χ1n) is 25.9. The fourth-order valence-corrected chi connectivity index (χ4v) is 11.3. The summed E-state index contributed by atoms with van der Waals surface area (Å²) in [5, 5.41) is 83.0. The molecule has 0 unspecified atom stereocenters. The number of alkyl halides is 6. The first-order valence-corrected chi connectivity index (χ1v) is 25.9. The van der Waals surface area contributed by atoms with Gasteiger partial charge in [0, 0.05) is 21.5 Å². The molecule has 0 aliphatic rings. The summed E-state index contributed by atoms with van der Waals surface area (Å²) in [5.41, 5.74) is 1.89. The Hall–Kier alpha value is -12.7. The third kappa shape index (κ3) is 9.05. The summed E-state index contributed by atoms with van der Waals surface area (Å²) in [6.45, 7) is 0. The number of benzene rings is 10. The number of halogens is 6. The first-order chi connectivity index (χ1) is 41.5. The Balaban J connectivity index is 1.30. The molecule has 0 atom stereocenters. The van der Waals surface area contributed by atoms with Crippen LogP contribution in [0.25, 0.3) is 111 Å². The summed E-state index contributed by atoms with van der Waals surface area (Å²) in [6.07, 6.45) is -10.2. The molecule has 0 spiro atoms. The molecule has 2 heterocycles. The molecule has 0 saturated carbocycles. The van der Waals surface area contributed by atoms with Crippen molar-refractivity contribution in [3.8, 4) is 116 Å². The van der Waals surface area contributed by atoms with Crippen molar-refractivity contribution in [1.29, 1.82) is 42.1 Å². The largest absolute Gasteiger partial charge is 0.417 e. The van der Waals surface area contributed by atoms with E-state index in [1.165, 1.54) is 54.6 Å². The fraction of sp³-hybridized carbons (Fsp3) is 0.0286. The molecular weight excluding hydrogens is 1090 g/mol. The maximum absolute atomic E-state index is 16.5. The Morgan fingerprint density at radius 3 is 0.884 bits per heavy atom. The molecule has 0 saturated heterocycles. The lowest BCUT2D eigenvalue weighted by molar-refractivity contribution is -0.137. The highest BCUT2D eigenvalue weighted by atomic mass is 19.4. The molecule has 10 aromatic carbocycles. The average molecular weight is 1130 g/mol. The summed E-state index contributed by atoms with van der Waals surface area (Å²) in [4.78, 5) is 0. The van der Waals surface area contributed by atoms with Crippen LogP contribution < -0.4 is 0 Å². The molecule has 0 fully saturated rings. The Kier molecular flexibility index (Phi) is 13.0. The molecule has 0 amide bonds. The molecule has 12 aromatic rings. The van der Waals surface area contributed by atoms with Crippen LogP contribution >= 0.6 is 0 Å². The maximum Gasteiger partial charge on any atom is 0.417 e. The van der Waals surface area contributed by atoms with Gasteiger partial charge in [0.05, 0.1) is 138 Å². The molecule has 0 radical (unpaired) electrons. The van der Waals surface area contributed by atoms with E-state index < -0.39 is 34.6 Å². The Labute approximate surface area is 484 Å². The van der Waals surface area contributed by atoms with Crippen molar-refractivity contribution >= 4 is 43.6 Å². The van der Waals surface area contributed by atoms with Crippen LogP contribution in [0.1, 0.15) is 55.6 Å². The van der Waals surface area contributed by atoms with Gasteiger partial charge in [0.1, 0.15) is 0 Å². The van der Waals surface area contributed by atoms with E-state index in [1.54, 1.807) is 106 Å². The number of rotatable bonds is 7. The smallest absolute Gasteiger partial charge is 0.307 e. The maximum atomic E-state index is 16.5. The van der Waals surface area contributed by atoms with Crippen molar-refractivity contribution < 1.29 is 26.3 Å². The van der Waals surface area contributed by atoms with Gasteiger partial charge in [-0.15, -0.1) is 0 Å². The number of nitriles is 8. The van der Waals surface area contributed by atoms with Gasteiger partial charge in [0.15, 0.2) is 0 Å². The third-order valence-corrected chi connectivity index (χ3v) is 15.3. The van der Waals surface area contributed by atoms with Gasteiger partial charge in [0.2, 0.25) is 0 Å². The zero-order valence-electron chi connectivity index (χ0n) is 44.1. The van der Waals surface area contributed by atoms with Crippen LogP contribution in [0.2, 0.25) is 0 Å². The number of hydrogen-bond donors (Lipinski definition) is 0.